The lowest BCUT2D eigenvalue weighted by atomic mass is 10.1. The number of hydrogen-bond donors (Lipinski definition) is 2. The summed E-state index contributed by atoms with van der Waals surface area (Å²) in [5.74, 6) is -1.19. The molecular weight excluding hydrogens is 252 g/mol. The number of carboxylic acids is 1. The first-order valence-electron chi connectivity index (χ1n) is 6.43. The van der Waals surface area contributed by atoms with E-state index in [0.29, 0.717) is 24.8 Å². The predicted molar refractivity (Wildman–Crippen MR) is 70.8 cm³/mol. The van der Waals surface area contributed by atoms with Gasteiger partial charge in [-0.25, -0.2) is 4.79 Å². The maximum absolute atomic E-state index is 12.0. The zero-order valence-electron chi connectivity index (χ0n) is 10.6. The molecule has 3 unspecified atom stereocenters. The molecule has 2 amide bonds. The summed E-state index contributed by atoms with van der Waals surface area (Å²) in [5, 5.41) is 12.5. The topological polar surface area (TPSA) is 69.6 Å². The minimum atomic E-state index is -0.798. The maximum atomic E-state index is 12.0. The first kappa shape index (κ1) is 13.5. The molecule has 2 aliphatic rings. The van der Waals surface area contributed by atoms with Crippen molar-refractivity contribution in [3.8, 4) is 0 Å². The fourth-order valence-electron chi connectivity index (χ4n) is 2.77. The van der Waals surface area contributed by atoms with Crippen LogP contribution in [0.25, 0.3) is 0 Å². The zero-order valence-corrected chi connectivity index (χ0v) is 11.4. The van der Waals surface area contributed by atoms with Crippen LogP contribution >= 0.6 is 11.8 Å². The number of hydrogen-bond acceptors (Lipinski definition) is 3. The summed E-state index contributed by atoms with van der Waals surface area (Å²) in [6.07, 6.45) is 6.00. The zero-order chi connectivity index (χ0) is 13.1. The number of likely N-dealkylation sites (tertiary alicyclic amines) is 1. The van der Waals surface area contributed by atoms with Crippen LogP contribution in [0.15, 0.2) is 0 Å². The van der Waals surface area contributed by atoms with E-state index in [2.05, 4.69) is 11.6 Å². The predicted octanol–water partition coefficient (Wildman–Crippen LogP) is 1.39. The molecule has 0 radical (unpaired) electrons. The van der Waals surface area contributed by atoms with Gasteiger partial charge in [-0.1, -0.05) is 6.42 Å². The number of aliphatic carboxylic acids is 1. The lowest BCUT2D eigenvalue weighted by Gasteiger charge is -2.23. The molecule has 3 atom stereocenters. The fourth-order valence-corrected chi connectivity index (χ4v) is 3.70. The highest BCUT2D eigenvalue weighted by Gasteiger charge is 2.33. The highest BCUT2D eigenvalue weighted by molar-refractivity contribution is 7.99. The summed E-state index contributed by atoms with van der Waals surface area (Å²) in [5.41, 5.74) is 0. The van der Waals surface area contributed by atoms with Crippen molar-refractivity contribution in [3.05, 3.63) is 0 Å². The first-order valence-corrected chi connectivity index (χ1v) is 7.71. The fraction of sp³-hybridized carbons (Fsp3) is 0.833. The van der Waals surface area contributed by atoms with Crippen LogP contribution in [-0.4, -0.2) is 52.6 Å². The Morgan fingerprint density at radius 2 is 2.11 bits per heavy atom. The smallest absolute Gasteiger partial charge is 0.317 e. The van der Waals surface area contributed by atoms with Gasteiger partial charge in [0.2, 0.25) is 0 Å². The molecule has 1 saturated carbocycles. The van der Waals surface area contributed by atoms with Gasteiger partial charge >= 0.3 is 12.0 Å². The molecule has 0 aromatic heterocycles. The van der Waals surface area contributed by atoms with Crippen molar-refractivity contribution in [2.75, 3.05) is 19.3 Å². The van der Waals surface area contributed by atoms with E-state index in [4.69, 9.17) is 5.11 Å². The minimum Gasteiger partial charge on any atom is -0.481 e. The standard InChI is InChI=1S/C12H20N2O3S/c1-18-10-4-2-3-9(10)13-12(17)14-6-5-8(7-14)11(15)16/h8-10H,2-7H2,1H3,(H,13,17)(H,15,16). The number of carbonyl (C=O) groups excluding carboxylic acids is 1. The average molecular weight is 272 g/mol. The quantitative estimate of drug-likeness (QED) is 0.814. The first-order chi connectivity index (χ1) is 8.61. The molecule has 102 valence electrons. The Morgan fingerprint density at radius 1 is 1.33 bits per heavy atom. The number of nitrogens with one attached hydrogen (secondary N) is 1. The molecule has 2 fully saturated rings. The number of carboxylic acid groups (broad SMARTS) is 1. The Hall–Kier alpha value is -0.910. The van der Waals surface area contributed by atoms with E-state index in [0.717, 1.165) is 19.3 Å². The number of amides is 2. The summed E-state index contributed by atoms with van der Waals surface area (Å²) >= 11 is 1.80. The van der Waals surface area contributed by atoms with Crippen molar-refractivity contribution in [3.63, 3.8) is 0 Å². The molecule has 1 aliphatic heterocycles. The Kier molecular flexibility index (Phi) is 4.37. The van der Waals surface area contributed by atoms with Crippen LogP contribution in [0.4, 0.5) is 4.79 Å². The summed E-state index contributed by atoms with van der Waals surface area (Å²) in [6.45, 7) is 0.900. The van der Waals surface area contributed by atoms with Crippen molar-refractivity contribution in [1.82, 2.24) is 10.2 Å². The van der Waals surface area contributed by atoms with Gasteiger partial charge in [-0.05, 0) is 25.5 Å². The summed E-state index contributed by atoms with van der Waals surface area (Å²) in [4.78, 5) is 24.5. The van der Waals surface area contributed by atoms with Crippen molar-refractivity contribution in [1.29, 1.82) is 0 Å². The van der Waals surface area contributed by atoms with Crippen LogP contribution in [0, 0.1) is 5.92 Å². The molecule has 6 heteroatoms. The molecule has 0 spiro atoms. The second-order valence-electron chi connectivity index (χ2n) is 5.03. The molecule has 1 aliphatic carbocycles. The summed E-state index contributed by atoms with van der Waals surface area (Å²) in [6, 6.07) is 0.154. The number of nitrogens with zero attached hydrogens (tertiary/aromatic N) is 1. The van der Waals surface area contributed by atoms with E-state index >= 15 is 0 Å². The van der Waals surface area contributed by atoms with Gasteiger partial charge in [-0.15, -0.1) is 0 Å². The molecule has 5 nitrogen and oxygen atoms in total. The third-order valence-electron chi connectivity index (χ3n) is 3.89. The van der Waals surface area contributed by atoms with E-state index in [1.807, 2.05) is 0 Å². The Labute approximate surface area is 111 Å². The normalized spacial score (nSPS) is 31.6. The van der Waals surface area contributed by atoms with Crippen LogP contribution in [0.5, 0.6) is 0 Å². The van der Waals surface area contributed by atoms with Crippen LogP contribution in [0.3, 0.4) is 0 Å². The monoisotopic (exact) mass is 272 g/mol. The summed E-state index contributed by atoms with van der Waals surface area (Å²) in [7, 11) is 0. The van der Waals surface area contributed by atoms with E-state index in [1.54, 1.807) is 16.7 Å². The van der Waals surface area contributed by atoms with Gasteiger partial charge in [0.25, 0.3) is 0 Å². The molecule has 0 bridgehead atoms. The van der Waals surface area contributed by atoms with Crippen molar-refractivity contribution in [2.45, 2.75) is 37.0 Å². The SMILES string of the molecule is CSC1CCCC1NC(=O)N1CCC(C(=O)O)C1. The van der Waals surface area contributed by atoms with Crippen LogP contribution in [0.1, 0.15) is 25.7 Å². The summed E-state index contributed by atoms with van der Waals surface area (Å²) < 4.78 is 0. The largest absolute Gasteiger partial charge is 0.481 e. The molecule has 0 aromatic carbocycles. The van der Waals surface area contributed by atoms with Crippen LogP contribution in [0.2, 0.25) is 0 Å². The van der Waals surface area contributed by atoms with E-state index in [1.165, 1.54) is 0 Å². The molecule has 18 heavy (non-hydrogen) atoms. The third kappa shape index (κ3) is 2.91. The lowest BCUT2D eigenvalue weighted by molar-refractivity contribution is -0.141. The van der Waals surface area contributed by atoms with Gasteiger partial charge < -0.3 is 15.3 Å². The number of urea groups is 1. The third-order valence-corrected chi connectivity index (χ3v) is 5.06. The molecule has 2 rings (SSSR count). The molecular formula is C12H20N2O3S. The number of carbonyl (C=O) groups is 2. The second-order valence-corrected chi connectivity index (χ2v) is 6.11. The van der Waals surface area contributed by atoms with Crippen LogP contribution in [-0.2, 0) is 4.79 Å². The van der Waals surface area contributed by atoms with E-state index in [-0.39, 0.29) is 12.1 Å². The second kappa shape index (κ2) is 5.82. The van der Waals surface area contributed by atoms with Crippen molar-refractivity contribution >= 4 is 23.8 Å². The van der Waals surface area contributed by atoms with Crippen molar-refractivity contribution in [2.24, 2.45) is 5.92 Å². The van der Waals surface area contributed by atoms with Gasteiger partial charge in [0.1, 0.15) is 0 Å². The van der Waals surface area contributed by atoms with Gasteiger partial charge in [-0.3, -0.25) is 4.79 Å². The Morgan fingerprint density at radius 3 is 2.72 bits per heavy atom. The lowest BCUT2D eigenvalue weighted by Crippen LogP contribution is -2.46. The highest BCUT2D eigenvalue weighted by atomic mass is 32.2. The number of thioether (sulfide) groups is 1. The molecule has 1 heterocycles. The maximum Gasteiger partial charge on any atom is 0.317 e. The Bertz CT molecular complexity index is 337. The van der Waals surface area contributed by atoms with Gasteiger partial charge in [0.15, 0.2) is 0 Å². The highest BCUT2D eigenvalue weighted by Crippen LogP contribution is 2.28. The van der Waals surface area contributed by atoms with Gasteiger partial charge in [0, 0.05) is 24.4 Å². The minimum absolute atomic E-state index is 0.0929. The number of rotatable bonds is 3. The van der Waals surface area contributed by atoms with Crippen LogP contribution < -0.4 is 5.32 Å². The molecule has 0 aromatic rings. The van der Waals surface area contributed by atoms with E-state index < -0.39 is 11.9 Å². The van der Waals surface area contributed by atoms with E-state index in [9.17, 15) is 9.59 Å². The van der Waals surface area contributed by atoms with Gasteiger partial charge in [0.05, 0.1) is 5.92 Å². The molecule has 1 saturated heterocycles. The van der Waals surface area contributed by atoms with Gasteiger partial charge in [-0.2, -0.15) is 11.8 Å². The molecule has 2 N–H and O–H groups in total. The Balaban J connectivity index is 1.83. The average Bonchev–Trinajstić information content (AvgIpc) is 2.96. The van der Waals surface area contributed by atoms with Crippen molar-refractivity contribution < 1.29 is 14.7 Å².